The molecule has 1 aromatic heterocycles. The third-order valence-corrected chi connectivity index (χ3v) is 4.93. The molecule has 0 fully saturated rings. The van der Waals surface area contributed by atoms with Gasteiger partial charge in [0.25, 0.3) is 5.56 Å². The van der Waals surface area contributed by atoms with E-state index in [1.54, 1.807) is 11.7 Å². The van der Waals surface area contributed by atoms with Crippen molar-refractivity contribution < 1.29 is 9.53 Å². The molecule has 1 amide bonds. The second-order valence-electron chi connectivity index (χ2n) is 10.9. The van der Waals surface area contributed by atoms with E-state index < -0.39 is 0 Å². The Balaban J connectivity index is 2.57. The van der Waals surface area contributed by atoms with Crippen LogP contribution in [0.1, 0.15) is 66.9 Å². The highest BCUT2D eigenvalue weighted by Crippen LogP contribution is 2.24. The van der Waals surface area contributed by atoms with Crippen LogP contribution in [0.2, 0.25) is 0 Å². The Morgan fingerprint density at radius 3 is 2.07 bits per heavy atom. The van der Waals surface area contributed by atoms with Crippen LogP contribution in [0.25, 0.3) is 10.9 Å². The molecule has 1 heterocycles. The molecule has 1 aromatic carbocycles. The summed E-state index contributed by atoms with van der Waals surface area (Å²) in [5.74, 6) is 0.708. The standard InChI is InChI=1S/C25H38N2O3/c1-17(2)20-12-18-10-11-19(30-9)13-21(18)27(23(20)29)14-22(28)26(15-24(3,4)5)16-25(6,7)8/h10-13,17H,14-16H2,1-9H3. The Kier molecular flexibility index (Phi) is 7.05. The van der Waals surface area contributed by atoms with Crippen LogP contribution >= 0.6 is 0 Å². The number of benzene rings is 1. The molecule has 0 N–H and O–H groups in total. The summed E-state index contributed by atoms with van der Waals surface area (Å²) < 4.78 is 6.99. The van der Waals surface area contributed by atoms with Gasteiger partial charge in [0.15, 0.2) is 0 Å². The summed E-state index contributed by atoms with van der Waals surface area (Å²) in [6.07, 6.45) is 0. The van der Waals surface area contributed by atoms with Crippen molar-refractivity contribution >= 4 is 16.8 Å². The number of hydrogen-bond acceptors (Lipinski definition) is 3. The number of hydrogen-bond donors (Lipinski definition) is 0. The molecule has 0 unspecified atom stereocenters. The smallest absolute Gasteiger partial charge is 0.254 e. The zero-order valence-corrected chi connectivity index (χ0v) is 20.1. The first-order valence-corrected chi connectivity index (χ1v) is 10.7. The molecule has 0 saturated carbocycles. The largest absolute Gasteiger partial charge is 0.497 e. The number of aromatic nitrogens is 1. The van der Waals surface area contributed by atoms with Crippen molar-refractivity contribution in [2.75, 3.05) is 20.2 Å². The fourth-order valence-electron chi connectivity index (χ4n) is 3.68. The van der Waals surface area contributed by atoms with Crippen molar-refractivity contribution in [1.29, 1.82) is 0 Å². The van der Waals surface area contributed by atoms with Gasteiger partial charge in [0.1, 0.15) is 12.3 Å². The van der Waals surface area contributed by atoms with Gasteiger partial charge in [-0.3, -0.25) is 14.2 Å². The molecule has 2 rings (SSSR count). The molecule has 5 heteroatoms. The van der Waals surface area contributed by atoms with Crippen LogP contribution in [-0.4, -0.2) is 35.6 Å². The van der Waals surface area contributed by atoms with E-state index in [-0.39, 0.29) is 34.8 Å². The average Bonchev–Trinajstić information content (AvgIpc) is 2.60. The third-order valence-electron chi connectivity index (χ3n) is 4.93. The van der Waals surface area contributed by atoms with E-state index in [2.05, 4.69) is 41.5 Å². The van der Waals surface area contributed by atoms with Gasteiger partial charge in [-0.15, -0.1) is 0 Å². The summed E-state index contributed by atoms with van der Waals surface area (Å²) >= 11 is 0. The highest BCUT2D eigenvalue weighted by molar-refractivity contribution is 5.84. The van der Waals surface area contributed by atoms with Gasteiger partial charge in [0.2, 0.25) is 5.91 Å². The van der Waals surface area contributed by atoms with Crippen molar-refractivity contribution in [2.24, 2.45) is 10.8 Å². The summed E-state index contributed by atoms with van der Waals surface area (Å²) in [6.45, 7) is 18.1. The number of methoxy groups -OCH3 is 1. The highest BCUT2D eigenvalue weighted by Gasteiger charge is 2.26. The minimum atomic E-state index is -0.106. The summed E-state index contributed by atoms with van der Waals surface area (Å²) in [4.78, 5) is 28.6. The average molecular weight is 415 g/mol. The number of nitrogens with zero attached hydrogens (tertiary/aromatic N) is 2. The maximum atomic E-state index is 13.4. The quantitative estimate of drug-likeness (QED) is 0.664. The lowest BCUT2D eigenvalue weighted by atomic mass is 9.92. The monoisotopic (exact) mass is 414 g/mol. The molecule has 0 saturated heterocycles. The topological polar surface area (TPSA) is 51.5 Å². The fraction of sp³-hybridized carbons (Fsp3) is 0.600. The first-order valence-electron chi connectivity index (χ1n) is 10.7. The van der Waals surface area contributed by atoms with Crippen LogP contribution in [0, 0.1) is 10.8 Å². The second kappa shape index (κ2) is 8.83. The van der Waals surface area contributed by atoms with Crippen LogP contribution in [-0.2, 0) is 11.3 Å². The number of carbonyl (C=O) groups excluding carboxylic acids is 1. The van der Waals surface area contributed by atoms with E-state index >= 15 is 0 Å². The molecule has 0 aliphatic heterocycles. The third kappa shape index (κ3) is 6.10. The zero-order chi connectivity index (χ0) is 22.9. The van der Waals surface area contributed by atoms with Crippen molar-refractivity contribution in [1.82, 2.24) is 9.47 Å². The normalized spacial score (nSPS) is 12.5. The van der Waals surface area contributed by atoms with Gasteiger partial charge in [-0.05, 0) is 40.3 Å². The van der Waals surface area contributed by atoms with E-state index in [0.717, 1.165) is 16.5 Å². The van der Waals surface area contributed by atoms with Gasteiger partial charge < -0.3 is 9.64 Å². The Morgan fingerprint density at radius 1 is 1.03 bits per heavy atom. The first-order chi connectivity index (χ1) is 13.7. The zero-order valence-electron chi connectivity index (χ0n) is 20.1. The van der Waals surface area contributed by atoms with E-state index in [1.807, 2.05) is 43.0 Å². The number of fused-ring (bicyclic) bond motifs is 1. The Morgan fingerprint density at radius 2 is 1.60 bits per heavy atom. The Labute approximate surface area is 181 Å². The number of pyridine rings is 1. The lowest BCUT2D eigenvalue weighted by Gasteiger charge is -2.35. The van der Waals surface area contributed by atoms with Gasteiger partial charge >= 0.3 is 0 Å². The predicted octanol–water partition coefficient (Wildman–Crippen LogP) is 5.05. The van der Waals surface area contributed by atoms with Crippen molar-refractivity contribution in [3.8, 4) is 5.75 Å². The SMILES string of the molecule is COc1ccc2cc(C(C)C)c(=O)n(CC(=O)N(CC(C)(C)C)CC(C)(C)C)c2c1. The van der Waals surface area contributed by atoms with Crippen LogP contribution in [0.5, 0.6) is 5.75 Å². The summed E-state index contributed by atoms with van der Waals surface area (Å²) in [6, 6.07) is 7.61. The van der Waals surface area contributed by atoms with Crippen LogP contribution in [0.15, 0.2) is 29.1 Å². The summed E-state index contributed by atoms with van der Waals surface area (Å²) in [7, 11) is 1.60. The first kappa shape index (κ1) is 24.0. The molecule has 0 bridgehead atoms. The van der Waals surface area contributed by atoms with Gasteiger partial charge in [-0.2, -0.15) is 0 Å². The molecule has 30 heavy (non-hydrogen) atoms. The number of carbonyl (C=O) groups is 1. The summed E-state index contributed by atoms with van der Waals surface area (Å²) in [5.41, 5.74) is 1.28. The predicted molar refractivity (Wildman–Crippen MR) is 124 cm³/mol. The highest BCUT2D eigenvalue weighted by atomic mass is 16.5. The second-order valence-corrected chi connectivity index (χ2v) is 10.9. The molecule has 0 spiro atoms. The van der Waals surface area contributed by atoms with E-state index in [1.165, 1.54) is 0 Å². The maximum Gasteiger partial charge on any atom is 0.254 e. The summed E-state index contributed by atoms with van der Waals surface area (Å²) in [5, 5.41) is 0.935. The minimum absolute atomic E-state index is 0.0230. The lowest BCUT2D eigenvalue weighted by Crippen LogP contribution is -2.45. The molecule has 0 atom stereocenters. The molecule has 166 valence electrons. The van der Waals surface area contributed by atoms with Crippen molar-refractivity contribution in [3.05, 3.63) is 40.2 Å². The van der Waals surface area contributed by atoms with E-state index in [0.29, 0.717) is 18.8 Å². The minimum Gasteiger partial charge on any atom is -0.497 e. The number of amides is 1. The van der Waals surface area contributed by atoms with Crippen molar-refractivity contribution in [3.63, 3.8) is 0 Å². The Bertz CT molecular complexity index is 943. The van der Waals surface area contributed by atoms with Gasteiger partial charge in [-0.25, -0.2) is 0 Å². The number of ether oxygens (including phenoxy) is 1. The van der Waals surface area contributed by atoms with Crippen LogP contribution < -0.4 is 10.3 Å². The van der Waals surface area contributed by atoms with Crippen LogP contribution in [0.3, 0.4) is 0 Å². The van der Waals surface area contributed by atoms with E-state index in [4.69, 9.17) is 4.74 Å². The lowest BCUT2D eigenvalue weighted by molar-refractivity contribution is -0.134. The molecular weight excluding hydrogens is 376 g/mol. The molecule has 0 aliphatic rings. The maximum absolute atomic E-state index is 13.4. The molecule has 5 nitrogen and oxygen atoms in total. The molecule has 0 aliphatic carbocycles. The molecule has 0 radical (unpaired) electrons. The Hall–Kier alpha value is -2.30. The van der Waals surface area contributed by atoms with E-state index in [9.17, 15) is 9.59 Å². The van der Waals surface area contributed by atoms with Gasteiger partial charge in [-0.1, -0.05) is 55.4 Å². The van der Waals surface area contributed by atoms with Crippen LogP contribution in [0.4, 0.5) is 0 Å². The van der Waals surface area contributed by atoms with Gasteiger partial charge in [0.05, 0.1) is 12.6 Å². The number of rotatable bonds is 6. The fourth-order valence-corrected chi connectivity index (χ4v) is 3.68. The van der Waals surface area contributed by atoms with Gasteiger partial charge in [0, 0.05) is 24.7 Å². The van der Waals surface area contributed by atoms with Crippen molar-refractivity contribution in [2.45, 2.75) is 67.9 Å². The molecular formula is C25H38N2O3. The molecule has 2 aromatic rings.